The van der Waals surface area contributed by atoms with Crippen LogP contribution in [-0.2, 0) is 10.0 Å². The summed E-state index contributed by atoms with van der Waals surface area (Å²) < 4.78 is 39.7. The summed E-state index contributed by atoms with van der Waals surface area (Å²) in [4.78, 5) is -0.00175. The van der Waals surface area contributed by atoms with Gasteiger partial charge in [-0.3, -0.25) is 0 Å². The zero-order chi connectivity index (χ0) is 15.8. The molecule has 2 rings (SSSR count). The minimum Gasteiger partial charge on any atom is -0.398 e. The van der Waals surface area contributed by atoms with Gasteiger partial charge >= 0.3 is 0 Å². The Hall–Kier alpha value is -1.14. The van der Waals surface area contributed by atoms with Crippen molar-refractivity contribution in [2.45, 2.75) is 38.5 Å². The molecule has 0 saturated carbocycles. The number of nitrogen functional groups attached to an aromatic ring is 1. The van der Waals surface area contributed by atoms with Gasteiger partial charge < -0.3 is 5.73 Å². The van der Waals surface area contributed by atoms with E-state index in [4.69, 9.17) is 5.73 Å². The summed E-state index contributed by atoms with van der Waals surface area (Å²) in [5.74, 6) is -0.0209. The number of rotatable bonds is 2. The molecule has 1 fully saturated rings. The SMILES string of the molecule is CC(C)(C)C1CCN(S(=O)(=O)c2ccc(F)cc2N)CC1. The number of anilines is 1. The standard InChI is InChI=1S/C15H23FN2O2S/c1-15(2,3)11-6-8-18(9-7-11)21(19,20)14-5-4-12(16)10-13(14)17/h4-5,10-11H,6-9,17H2,1-3H3. The van der Waals surface area contributed by atoms with Gasteiger partial charge in [-0.15, -0.1) is 0 Å². The fourth-order valence-corrected chi connectivity index (χ4v) is 4.42. The van der Waals surface area contributed by atoms with Crippen molar-refractivity contribution in [3.05, 3.63) is 24.0 Å². The summed E-state index contributed by atoms with van der Waals surface area (Å²) >= 11 is 0. The molecular weight excluding hydrogens is 291 g/mol. The molecule has 1 aromatic rings. The van der Waals surface area contributed by atoms with Crippen LogP contribution in [0.25, 0.3) is 0 Å². The van der Waals surface area contributed by atoms with Gasteiger partial charge in [0.2, 0.25) is 10.0 Å². The third-order valence-corrected chi connectivity index (χ3v) is 6.24. The van der Waals surface area contributed by atoms with Gasteiger partial charge in [0.25, 0.3) is 0 Å². The smallest absolute Gasteiger partial charge is 0.245 e. The molecule has 0 spiro atoms. The van der Waals surface area contributed by atoms with Crippen LogP contribution in [0.1, 0.15) is 33.6 Å². The van der Waals surface area contributed by atoms with E-state index in [1.165, 1.54) is 10.4 Å². The second-order valence-corrected chi connectivity index (χ2v) is 8.63. The van der Waals surface area contributed by atoms with Crippen LogP contribution in [0.5, 0.6) is 0 Å². The molecule has 0 atom stereocenters. The van der Waals surface area contributed by atoms with E-state index < -0.39 is 15.8 Å². The predicted octanol–water partition coefficient (Wildman–Crippen LogP) is 2.85. The Morgan fingerprint density at radius 1 is 1.24 bits per heavy atom. The van der Waals surface area contributed by atoms with E-state index in [9.17, 15) is 12.8 Å². The van der Waals surface area contributed by atoms with Crippen molar-refractivity contribution in [3.63, 3.8) is 0 Å². The van der Waals surface area contributed by atoms with Crippen LogP contribution >= 0.6 is 0 Å². The Balaban J connectivity index is 2.19. The second kappa shape index (κ2) is 5.57. The van der Waals surface area contributed by atoms with Crippen molar-refractivity contribution < 1.29 is 12.8 Å². The van der Waals surface area contributed by atoms with Gasteiger partial charge in [-0.05, 0) is 42.4 Å². The minimum absolute atomic E-state index is 0.00175. The number of sulfonamides is 1. The molecule has 1 heterocycles. The lowest BCUT2D eigenvalue weighted by Crippen LogP contribution is -2.41. The van der Waals surface area contributed by atoms with Crippen LogP contribution in [0.15, 0.2) is 23.1 Å². The Labute approximate surface area is 126 Å². The maximum Gasteiger partial charge on any atom is 0.245 e. The van der Waals surface area contributed by atoms with Crippen molar-refractivity contribution in [1.82, 2.24) is 4.31 Å². The number of nitrogens with two attached hydrogens (primary N) is 1. The van der Waals surface area contributed by atoms with Gasteiger partial charge in [-0.2, -0.15) is 4.31 Å². The molecule has 1 saturated heterocycles. The zero-order valence-electron chi connectivity index (χ0n) is 12.8. The van der Waals surface area contributed by atoms with Crippen LogP contribution < -0.4 is 5.73 Å². The fraction of sp³-hybridized carbons (Fsp3) is 0.600. The summed E-state index contributed by atoms with van der Waals surface area (Å²) in [6.45, 7) is 7.52. The average molecular weight is 314 g/mol. The Morgan fingerprint density at radius 2 is 1.81 bits per heavy atom. The maximum atomic E-state index is 13.1. The van der Waals surface area contributed by atoms with E-state index in [0.29, 0.717) is 19.0 Å². The highest BCUT2D eigenvalue weighted by Gasteiger charge is 2.34. The van der Waals surface area contributed by atoms with E-state index in [1.54, 1.807) is 0 Å². The highest BCUT2D eigenvalue weighted by atomic mass is 32.2. The van der Waals surface area contributed by atoms with Crippen LogP contribution in [0, 0.1) is 17.2 Å². The predicted molar refractivity (Wildman–Crippen MR) is 81.8 cm³/mol. The Bertz CT molecular complexity index is 615. The van der Waals surface area contributed by atoms with Crippen molar-refractivity contribution in [2.24, 2.45) is 11.3 Å². The Kier molecular flexibility index (Phi) is 4.31. The van der Waals surface area contributed by atoms with Crippen LogP contribution in [0.2, 0.25) is 0 Å². The first-order chi connectivity index (χ1) is 9.62. The molecule has 0 amide bonds. The average Bonchev–Trinajstić information content (AvgIpc) is 2.37. The summed E-state index contributed by atoms with van der Waals surface area (Å²) in [6, 6.07) is 3.43. The molecule has 1 aliphatic heterocycles. The second-order valence-electron chi connectivity index (χ2n) is 6.73. The van der Waals surface area contributed by atoms with Crippen molar-refractivity contribution >= 4 is 15.7 Å². The number of halogens is 1. The molecule has 0 unspecified atom stereocenters. The van der Waals surface area contributed by atoms with Gasteiger partial charge in [0, 0.05) is 13.1 Å². The number of hydrogen-bond donors (Lipinski definition) is 1. The number of nitrogens with zero attached hydrogens (tertiary/aromatic N) is 1. The molecule has 0 aliphatic carbocycles. The monoisotopic (exact) mass is 314 g/mol. The summed E-state index contributed by atoms with van der Waals surface area (Å²) in [5.41, 5.74) is 5.82. The van der Waals surface area contributed by atoms with Crippen molar-refractivity contribution in [1.29, 1.82) is 0 Å². The third kappa shape index (κ3) is 3.37. The van der Waals surface area contributed by atoms with Crippen LogP contribution in [-0.4, -0.2) is 25.8 Å². The quantitative estimate of drug-likeness (QED) is 0.854. The molecule has 0 aromatic heterocycles. The molecule has 1 aliphatic rings. The highest BCUT2D eigenvalue weighted by Crippen LogP contribution is 2.36. The maximum absolute atomic E-state index is 13.1. The lowest BCUT2D eigenvalue weighted by atomic mass is 9.76. The molecule has 21 heavy (non-hydrogen) atoms. The lowest BCUT2D eigenvalue weighted by molar-refractivity contribution is 0.154. The molecule has 118 valence electrons. The molecule has 4 nitrogen and oxygen atoms in total. The van der Waals surface area contributed by atoms with E-state index >= 15 is 0 Å². The van der Waals surface area contributed by atoms with Gasteiger partial charge in [-0.1, -0.05) is 20.8 Å². The first kappa shape index (κ1) is 16.2. The van der Waals surface area contributed by atoms with Gasteiger partial charge in [0.15, 0.2) is 0 Å². The van der Waals surface area contributed by atoms with Crippen molar-refractivity contribution in [2.75, 3.05) is 18.8 Å². The first-order valence-electron chi connectivity index (χ1n) is 7.17. The van der Waals surface area contributed by atoms with Gasteiger partial charge in [0.1, 0.15) is 10.7 Å². The van der Waals surface area contributed by atoms with E-state index in [0.717, 1.165) is 25.0 Å². The number of piperidine rings is 1. The summed E-state index contributed by atoms with van der Waals surface area (Å²) in [6.07, 6.45) is 1.67. The van der Waals surface area contributed by atoms with Crippen molar-refractivity contribution in [3.8, 4) is 0 Å². The largest absolute Gasteiger partial charge is 0.398 e. The number of benzene rings is 1. The third-order valence-electron chi connectivity index (χ3n) is 4.27. The molecule has 6 heteroatoms. The van der Waals surface area contributed by atoms with Gasteiger partial charge in [0.05, 0.1) is 5.69 Å². The normalized spacial score (nSPS) is 18.9. The summed E-state index contributed by atoms with van der Waals surface area (Å²) in [7, 11) is -3.64. The lowest BCUT2D eigenvalue weighted by Gasteiger charge is -2.38. The first-order valence-corrected chi connectivity index (χ1v) is 8.61. The summed E-state index contributed by atoms with van der Waals surface area (Å²) in [5, 5.41) is 0. The van der Waals surface area contributed by atoms with E-state index in [-0.39, 0.29) is 16.0 Å². The highest BCUT2D eigenvalue weighted by molar-refractivity contribution is 7.89. The molecule has 1 aromatic carbocycles. The minimum atomic E-state index is -3.64. The fourth-order valence-electron chi connectivity index (χ4n) is 2.86. The Morgan fingerprint density at radius 3 is 2.29 bits per heavy atom. The number of hydrogen-bond acceptors (Lipinski definition) is 3. The molecule has 0 radical (unpaired) electrons. The van der Waals surface area contributed by atoms with Crippen LogP contribution in [0.4, 0.5) is 10.1 Å². The molecular formula is C15H23FN2O2S. The van der Waals surface area contributed by atoms with E-state index in [2.05, 4.69) is 20.8 Å². The molecule has 0 bridgehead atoms. The van der Waals surface area contributed by atoms with E-state index in [1.807, 2.05) is 0 Å². The topological polar surface area (TPSA) is 63.4 Å². The molecule has 2 N–H and O–H groups in total. The zero-order valence-corrected chi connectivity index (χ0v) is 13.6. The van der Waals surface area contributed by atoms with Crippen LogP contribution in [0.3, 0.4) is 0 Å². The van der Waals surface area contributed by atoms with Gasteiger partial charge in [-0.25, -0.2) is 12.8 Å².